The molecule has 0 rings (SSSR count). The topological polar surface area (TPSA) is 36.9 Å². The molecule has 0 aliphatic rings. The predicted octanol–water partition coefficient (Wildman–Crippen LogP) is 7.42. The lowest BCUT2D eigenvalue weighted by Gasteiger charge is -2.37. The van der Waals surface area contributed by atoms with Crippen molar-refractivity contribution in [1.82, 2.24) is 0 Å². The van der Waals surface area contributed by atoms with Crippen LogP contribution < -0.4 is 0 Å². The molecule has 0 aromatic carbocycles. The second-order valence-corrected chi connectivity index (χ2v) is 17.3. The zero-order chi connectivity index (χ0) is 22.4. The molecule has 0 aromatic heterocycles. The Bertz CT molecular complexity index is 326. The second kappa shape index (κ2) is 16.0. The smallest absolute Gasteiger partial charge is 0.343 e. The third-order valence-electron chi connectivity index (χ3n) is 5.02. The molecule has 172 valence electrons. The van der Waals surface area contributed by atoms with E-state index in [-0.39, 0.29) is 0 Å². The number of rotatable bonds is 14. The highest BCUT2D eigenvalue weighted by Gasteiger charge is 2.45. The van der Waals surface area contributed by atoms with Crippen LogP contribution >= 0.6 is 0 Å². The molecule has 0 saturated carbocycles. The molecule has 28 heavy (non-hydrogen) atoms. The van der Waals surface area contributed by atoms with Gasteiger partial charge in [0.15, 0.2) is 0 Å². The summed E-state index contributed by atoms with van der Waals surface area (Å²) in [7, 11) is -3.94. The molecular weight excluding hydrogens is 384 g/mol. The summed E-state index contributed by atoms with van der Waals surface area (Å²) in [6.07, 6.45) is 2.15. The summed E-state index contributed by atoms with van der Waals surface area (Å²) >= 11 is 0. The van der Waals surface area contributed by atoms with Crippen LogP contribution in [0, 0.1) is 0 Å². The first-order chi connectivity index (χ1) is 13.0. The molecule has 0 unspecified atom stereocenters. The van der Waals surface area contributed by atoms with Gasteiger partial charge in [0.05, 0.1) is 0 Å². The molecular formula is C22H52O4Si2. The van der Waals surface area contributed by atoms with Crippen LogP contribution in [0.3, 0.4) is 0 Å². The summed E-state index contributed by atoms with van der Waals surface area (Å²) in [5.74, 6) is 0. The standard InChI is InChI=1S/C12H28O2Si.C10H24O2Si/c1-7-9-13-15(11(3)4,12(5)6)14-10-8-2;1-7-11-13(9(3)4,10(5)6)12-8-2/h11-12H,7-10H2,1-6H3;9-10H,7-8H2,1-6H3. The largest absolute Gasteiger partial charge is 0.394 e. The van der Waals surface area contributed by atoms with Gasteiger partial charge in [0.25, 0.3) is 0 Å². The predicted molar refractivity (Wildman–Crippen MR) is 128 cm³/mol. The minimum Gasteiger partial charge on any atom is -0.394 e. The summed E-state index contributed by atoms with van der Waals surface area (Å²) in [4.78, 5) is 0. The van der Waals surface area contributed by atoms with Gasteiger partial charge in [-0.25, -0.2) is 0 Å². The molecule has 0 saturated heterocycles. The van der Waals surface area contributed by atoms with Gasteiger partial charge in [-0.05, 0) is 48.9 Å². The number of hydrogen-bond donors (Lipinski definition) is 0. The number of hydrogen-bond acceptors (Lipinski definition) is 4. The Morgan fingerprint density at radius 3 is 0.893 bits per heavy atom. The average Bonchev–Trinajstić information content (AvgIpc) is 2.61. The Hall–Kier alpha value is 0.274. The van der Waals surface area contributed by atoms with Crippen molar-refractivity contribution in [3.63, 3.8) is 0 Å². The molecule has 0 aliphatic carbocycles. The molecule has 0 bridgehead atoms. The molecule has 4 nitrogen and oxygen atoms in total. The van der Waals surface area contributed by atoms with Gasteiger partial charge < -0.3 is 17.7 Å². The molecule has 0 atom stereocenters. The van der Waals surface area contributed by atoms with Gasteiger partial charge in [-0.1, -0.05) is 69.2 Å². The highest BCUT2D eigenvalue weighted by Crippen LogP contribution is 2.35. The summed E-state index contributed by atoms with van der Waals surface area (Å²) in [5, 5.41) is 0. The van der Waals surface area contributed by atoms with E-state index in [9.17, 15) is 0 Å². The van der Waals surface area contributed by atoms with Crippen molar-refractivity contribution in [2.45, 2.75) is 118 Å². The van der Waals surface area contributed by atoms with E-state index in [1.807, 2.05) is 13.8 Å². The van der Waals surface area contributed by atoms with Gasteiger partial charge in [0.1, 0.15) is 0 Å². The van der Waals surface area contributed by atoms with E-state index >= 15 is 0 Å². The van der Waals surface area contributed by atoms with Gasteiger partial charge in [-0.2, -0.15) is 0 Å². The van der Waals surface area contributed by atoms with E-state index in [4.69, 9.17) is 17.7 Å². The van der Waals surface area contributed by atoms with Crippen molar-refractivity contribution in [3.05, 3.63) is 0 Å². The van der Waals surface area contributed by atoms with Gasteiger partial charge in [-0.3, -0.25) is 0 Å². The van der Waals surface area contributed by atoms with E-state index in [1.54, 1.807) is 0 Å². The maximum absolute atomic E-state index is 6.12. The first-order valence-corrected chi connectivity index (χ1v) is 15.5. The van der Waals surface area contributed by atoms with Crippen LogP contribution in [-0.2, 0) is 17.7 Å². The monoisotopic (exact) mass is 436 g/mol. The Labute approximate surface area is 179 Å². The zero-order valence-corrected chi connectivity index (χ0v) is 23.2. The molecule has 0 radical (unpaired) electrons. The van der Waals surface area contributed by atoms with Gasteiger partial charge in [-0.15, -0.1) is 0 Å². The summed E-state index contributed by atoms with van der Waals surface area (Å²) < 4.78 is 24.1. The van der Waals surface area contributed by atoms with E-state index in [2.05, 4.69) is 69.2 Å². The SMILES string of the molecule is CCCO[Si](OCCC)(C(C)C)C(C)C.CCO[Si](OCC)(C(C)C)C(C)C. The lowest BCUT2D eigenvalue weighted by Crippen LogP contribution is -2.48. The van der Waals surface area contributed by atoms with Gasteiger partial charge in [0, 0.05) is 26.4 Å². The van der Waals surface area contributed by atoms with Crippen LogP contribution in [0.25, 0.3) is 0 Å². The summed E-state index contributed by atoms with van der Waals surface area (Å²) in [6, 6.07) is 0. The second-order valence-electron chi connectivity index (χ2n) is 8.62. The molecule has 0 fully saturated rings. The van der Waals surface area contributed by atoms with Crippen LogP contribution in [0.4, 0.5) is 0 Å². The van der Waals surface area contributed by atoms with Gasteiger partial charge in [0.2, 0.25) is 0 Å². The fourth-order valence-corrected chi connectivity index (χ4v) is 11.2. The van der Waals surface area contributed by atoms with E-state index in [0.29, 0.717) is 22.2 Å². The minimum atomic E-state index is -1.99. The van der Waals surface area contributed by atoms with Crippen LogP contribution in [0.15, 0.2) is 0 Å². The third-order valence-corrected chi connectivity index (χ3v) is 14.3. The zero-order valence-electron chi connectivity index (χ0n) is 21.2. The molecule has 6 heteroatoms. The van der Waals surface area contributed by atoms with Crippen molar-refractivity contribution in [1.29, 1.82) is 0 Å². The molecule has 0 aromatic rings. The fraction of sp³-hybridized carbons (Fsp3) is 1.00. The molecule has 0 N–H and O–H groups in total. The maximum atomic E-state index is 6.12. The van der Waals surface area contributed by atoms with Crippen LogP contribution in [0.2, 0.25) is 22.2 Å². The summed E-state index contributed by atoms with van der Waals surface area (Å²) in [5.41, 5.74) is 2.09. The van der Waals surface area contributed by atoms with E-state index < -0.39 is 17.1 Å². The van der Waals surface area contributed by atoms with Crippen LogP contribution in [-0.4, -0.2) is 43.5 Å². The third kappa shape index (κ3) is 9.39. The first-order valence-electron chi connectivity index (χ1n) is 11.6. The highest BCUT2D eigenvalue weighted by molar-refractivity contribution is 6.70. The molecule has 0 amide bonds. The first kappa shape index (κ1) is 30.5. The van der Waals surface area contributed by atoms with Crippen molar-refractivity contribution >= 4 is 17.1 Å². The Morgan fingerprint density at radius 2 is 0.714 bits per heavy atom. The van der Waals surface area contributed by atoms with E-state index in [1.165, 1.54) is 0 Å². The van der Waals surface area contributed by atoms with Gasteiger partial charge >= 0.3 is 17.1 Å². The Kier molecular flexibility index (Phi) is 17.4. The maximum Gasteiger partial charge on any atom is 0.343 e. The average molecular weight is 437 g/mol. The minimum absolute atomic E-state index is 0.521. The molecule has 0 heterocycles. The van der Waals surface area contributed by atoms with Crippen molar-refractivity contribution in [3.8, 4) is 0 Å². The summed E-state index contributed by atoms with van der Waals surface area (Å²) in [6.45, 7) is 29.4. The Balaban J connectivity index is 0. The fourth-order valence-electron chi connectivity index (χ4n) is 3.72. The quantitative estimate of drug-likeness (QED) is 0.265. The van der Waals surface area contributed by atoms with Crippen LogP contribution in [0.1, 0.15) is 95.9 Å². The lowest BCUT2D eigenvalue weighted by molar-refractivity contribution is 0.153. The Morgan fingerprint density at radius 1 is 0.464 bits per heavy atom. The molecule has 0 spiro atoms. The highest BCUT2D eigenvalue weighted by atomic mass is 28.4. The van der Waals surface area contributed by atoms with Crippen LogP contribution in [0.5, 0.6) is 0 Å². The normalized spacial score (nSPS) is 12.9. The van der Waals surface area contributed by atoms with Crippen molar-refractivity contribution in [2.24, 2.45) is 0 Å². The molecule has 0 aliphatic heterocycles. The van der Waals surface area contributed by atoms with Crippen molar-refractivity contribution in [2.75, 3.05) is 26.4 Å². The van der Waals surface area contributed by atoms with Crippen molar-refractivity contribution < 1.29 is 17.7 Å². The van der Waals surface area contributed by atoms with E-state index in [0.717, 1.165) is 39.3 Å². The lowest BCUT2D eigenvalue weighted by atomic mass is 10.5.